The molecule has 2 rings (SSSR count). The summed E-state index contributed by atoms with van der Waals surface area (Å²) in [6, 6.07) is 15.0. The van der Waals surface area contributed by atoms with Crippen molar-refractivity contribution in [2.24, 2.45) is 0 Å². The van der Waals surface area contributed by atoms with E-state index >= 15 is 0 Å². The number of hydrogen-bond acceptors (Lipinski definition) is 1. The van der Waals surface area contributed by atoms with E-state index in [1.807, 2.05) is 0 Å². The van der Waals surface area contributed by atoms with Crippen LogP contribution in [0.3, 0.4) is 0 Å². The lowest BCUT2D eigenvalue weighted by atomic mass is 9.98. The van der Waals surface area contributed by atoms with Crippen molar-refractivity contribution in [3.8, 4) is 0 Å². The molecule has 2 aromatic carbocycles. The van der Waals surface area contributed by atoms with Crippen LogP contribution >= 0.6 is 0 Å². The second-order valence-electron chi connectivity index (χ2n) is 4.92. The van der Waals surface area contributed by atoms with E-state index in [0.717, 1.165) is 18.4 Å². The zero-order chi connectivity index (χ0) is 13.0. The Bertz CT molecular complexity index is 512. The SMILES string of the molecule is Cc1ccc(CCc2ccc(C)cc2CO)cc1. The Labute approximate surface area is 109 Å². The molecular weight excluding hydrogens is 220 g/mol. The van der Waals surface area contributed by atoms with Crippen LogP contribution in [0.15, 0.2) is 42.5 Å². The van der Waals surface area contributed by atoms with Crippen LogP contribution < -0.4 is 0 Å². The fraction of sp³-hybridized carbons (Fsp3) is 0.294. The van der Waals surface area contributed by atoms with E-state index in [-0.39, 0.29) is 6.61 Å². The fourth-order valence-corrected chi connectivity index (χ4v) is 2.18. The fourth-order valence-electron chi connectivity index (χ4n) is 2.18. The Balaban J connectivity index is 2.08. The van der Waals surface area contributed by atoms with Gasteiger partial charge in [-0.2, -0.15) is 0 Å². The van der Waals surface area contributed by atoms with Crippen LogP contribution in [0.25, 0.3) is 0 Å². The van der Waals surface area contributed by atoms with Gasteiger partial charge in [-0.1, -0.05) is 53.6 Å². The highest BCUT2D eigenvalue weighted by Gasteiger charge is 2.02. The molecule has 0 aliphatic rings. The zero-order valence-corrected chi connectivity index (χ0v) is 11.1. The molecule has 0 heterocycles. The molecule has 2 aromatic rings. The summed E-state index contributed by atoms with van der Waals surface area (Å²) < 4.78 is 0. The zero-order valence-electron chi connectivity index (χ0n) is 11.1. The largest absolute Gasteiger partial charge is 0.392 e. The van der Waals surface area contributed by atoms with Crippen LogP contribution in [0.2, 0.25) is 0 Å². The summed E-state index contributed by atoms with van der Waals surface area (Å²) in [4.78, 5) is 0. The first-order valence-electron chi connectivity index (χ1n) is 6.44. The average molecular weight is 240 g/mol. The standard InChI is InChI=1S/C17H20O/c1-13-3-6-15(7-4-13)8-10-16-9-5-14(2)11-17(16)12-18/h3-7,9,11,18H,8,10,12H2,1-2H3. The van der Waals surface area contributed by atoms with Gasteiger partial charge < -0.3 is 5.11 Å². The van der Waals surface area contributed by atoms with E-state index in [1.165, 1.54) is 22.3 Å². The van der Waals surface area contributed by atoms with E-state index < -0.39 is 0 Å². The third-order valence-corrected chi connectivity index (χ3v) is 3.34. The van der Waals surface area contributed by atoms with Gasteiger partial charge in [0.15, 0.2) is 0 Å². The Morgan fingerprint density at radius 3 is 2.11 bits per heavy atom. The van der Waals surface area contributed by atoms with Crippen LogP contribution in [-0.2, 0) is 19.4 Å². The minimum Gasteiger partial charge on any atom is -0.392 e. The minimum absolute atomic E-state index is 0.130. The van der Waals surface area contributed by atoms with Gasteiger partial charge in [-0.3, -0.25) is 0 Å². The van der Waals surface area contributed by atoms with Gasteiger partial charge in [-0.05, 0) is 43.4 Å². The number of aryl methyl sites for hydroxylation is 4. The molecule has 0 bridgehead atoms. The maximum Gasteiger partial charge on any atom is 0.0684 e. The van der Waals surface area contributed by atoms with E-state index in [9.17, 15) is 5.11 Å². The molecular formula is C17H20O. The molecule has 94 valence electrons. The molecule has 18 heavy (non-hydrogen) atoms. The summed E-state index contributed by atoms with van der Waals surface area (Å²) in [6.45, 7) is 4.29. The molecule has 1 N–H and O–H groups in total. The normalized spacial score (nSPS) is 10.6. The highest BCUT2D eigenvalue weighted by molar-refractivity contribution is 5.32. The molecule has 0 aliphatic carbocycles. The molecule has 0 saturated carbocycles. The van der Waals surface area contributed by atoms with Crippen LogP contribution in [0.1, 0.15) is 27.8 Å². The lowest BCUT2D eigenvalue weighted by Gasteiger charge is -2.09. The van der Waals surface area contributed by atoms with Gasteiger partial charge in [0, 0.05) is 0 Å². The first kappa shape index (κ1) is 12.8. The topological polar surface area (TPSA) is 20.2 Å². The van der Waals surface area contributed by atoms with Crippen molar-refractivity contribution in [3.63, 3.8) is 0 Å². The third-order valence-electron chi connectivity index (χ3n) is 3.34. The average Bonchev–Trinajstić information content (AvgIpc) is 2.39. The highest BCUT2D eigenvalue weighted by atomic mass is 16.3. The molecule has 1 heteroatoms. The van der Waals surface area contributed by atoms with Crippen molar-refractivity contribution in [2.75, 3.05) is 0 Å². The highest BCUT2D eigenvalue weighted by Crippen LogP contribution is 2.15. The molecule has 0 amide bonds. The van der Waals surface area contributed by atoms with Gasteiger partial charge in [-0.25, -0.2) is 0 Å². The molecule has 0 fully saturated rings. The molecule has 0 radical (unpaired) electrons. The lowest BCUT2D eigenvalue weighted by Crippen LogP contribution is -1.98. The van der Waals surface area contributed by atoms with E-state index in [1.54, 1.807) is 0 Å². The molecule has 1 nitrogen and oxygen atoms in total. The Morgan fingerprint density at radius 2 is 1.44 bits per heavy atom. The van der Waals surface area contributed by atoms with Gasteiger partial charge in [0.1, 0.15) is 0 Å². The lowest BCUT2D eigenvalue weighted by molar-refractivity contribution is 0.280. The summed E-state index contributed by atoms with van der Waals surface area (Å²) in [6.07, 6.45) is 2.01. The summed E-state index contributed by atoms with van der Waals surface area (Å²) >= 11 is 0. The van der Waals surface area contributed by atoms with Gasteiger partial charge in [0.25, 0.3) is 0 Å². The first-order valence-corrected chi connectivity index (χ1v) is 6.44. The number of rotatable bonds is 4. The van der Waals surface area contributed by atoms with Gasteiger partial charge >= 0.3 is 0 Å². The van der Waals surface area contributed by atoms with Crippen molar-refractivity contribution < 1.29 is 5.11 Å². The van der Waals surface area contributed by atoms with Crippen LogP contribution in [0, 0.1) is 13.8 Å². The molecule has 0 aliphatic heterocycles. The monoisotopic (exact) mass is 240 g/mol. The minimum atomic E-state index is 0.130. The second-order valence-corrected chi connectivity index (χ2v) is 4.92. The predicted octanol–water partition coefficient (Wildman–Crippen LogP) is 3.58. The van der Waals surface area contributed by atoms with Gasteiger partial charge in [-0.15, -0.1) is 0 Å². The van der Waals surface area contributed by atoms with Gasteiger partial charge in [0.05, 0.1) is 6.61 Å². The maximum atomic E-state index is 9.38. The van der Waals surface area contributed by atoms with Crippen LogP contribution in [0.5, 0.6) is 0 Å². The van der Waals surface area contributed by atoms with E-state index in [0.29, 0.717) is 0 Å². The maximum absolute atomic E-state index is 9.38. The summed E-state index contributed by atoms with van der Waals surface area (Å²) in [5, 5.41) is 9.38. The molecule has 0 unspecified atom stereocenters. The van der Waals surface area contributed by atoms with Crippen molar-refractivity contribution in [3.05, 3.63) is 70.3 Å². The van der Waals surface area contributed by atoms with E-state index in [4.69, 9.17) is 0 Å². The van der Waals surface area contributed by atoms with Crippen LogP contribution in [0.4, 0.5) is 0 Å². The van der Waals surface area contributed by atoms with Crippen molar-refractivity contribution >= 4 is 0 Å². The number of aliphatic hydroxyl groups excluding tert-OH is 1. The van der Waals surface area contributed by atoms with Crippen molar-refractivity contribution in [2.45, 2.75) is 33.3 Å². The Morgan fingerprint density at radius 1 is 0.778 bits per heavy atom. The summed E-state index contributed by atoms with van der Waals surface area (Å²) in [5.74, 6) is 0. The molecule has 0 saturated heterocycles. The van der Waals surface area contributed by atoms with Crippen molar-refractivity contribution in [1.82, 2.24) is 0 Å². The molecule has 0 spiro atoms. The number of benzene rings is 2. The smallest absolute Gasteiger partial charge is 0.0684 e. The molecule has 0 atom stereocenters. The summed E-state index contributed by atoms with van der Waals surface area (Å²) in [7, 11) is 0. The predicted molar refractivity (Wildman–Crippen MR) is 75.7 cm³/mol. The molecule has 0 aromatic heterocycles. The van der Waals surface area contributed by atoms with Crippen LogP contribution in [-0.4, -0.2) is 5.11 Å². The van der Waals surface area contributed by atoms with Crippen molar-refractivity contribution in [1.29, 1.82) is 0 Å². The first-order chi connectivity index (χ1) is 8.69. The summed E-state index contributed by atoms with van der Waals surface area (Å²) in [5.41, 5.74) is 6.17. The second kappa shape index (κ2) is 5.83. The number of aliphatic hydroxyl groups is 1. The van der Waals surface area contributed by atoms with E-state index in [2.05, 4.69) is 56.3 Å². The Hall–Kier alpha value is -1.60. The quantitative estimate of drug-likeness (QED) is 0.866. The third kappa shape index (κ3) is 3.21. The van der Waals surface area contributed by atoms with Gasteiger partial charge in [0.2, 0.25) is 0 Å². The number of hydrogen-bond donors (Lipinski definition) is 1. The Kier molecular flexibility index (Phi) is 4.16.